The number of anilines is 3. The van der Waals surface area contributed by atoms with Crippen LogP contribution in [0, 0.1) is 68.0 Å². The molecule has 3 aliphatic heterocycles. The van der Waals surface area contributed by atoms with Crippen LogP contribution in [0.1, 0.15) is 112 Å². The van der Waals surface area contributed by atoms with Crippen LogP contribution in [-0.2, 0) is 26.1 Å². The molecule has 6 aromatic carbocycles. The molecule has 7 heterocycles. The maximum absolute atomic E-state index is 13.1. The molecule has 0 atom stereocenters. The molecule has 19 nitrogen and oxygen atoms in total. The summed E-state index contributed by atoms with van der Waals surface area (Å²) in [5.41, 5.74) is 25.2. The Hall–Kier alpha value is -6.31. The number of pyridine rings is 4. The van der Waals surface area contributed by atoms with Crippen LogP contribution in [0.2, 0.25) is 0 Å². The number of nitrogen functional groups attached to an aromatic ring is 1. The molecule has 4 aromatic heterocycles. The molecule has 25 heteroatoms. The molecule has 0 unspecified atom stereocenters. The van der Waals surface area contributed by atoms with Crippen molar-refractivity contribution in [3.05, 3.63) is 282 Å². The van der Waals surface area contributed by atoms with E-state index in [2.05, 4.69) is 240 Å². The van der Waals surface area contributed by atoms with Gasteiger partial charge in [0.2, 0.25) is 11.1 Å². The summed E-state index contributed by atoms with van der Waals surface area (Å²) in [5, 5.41) is 16.5. The van der Waals surface area contributed by atoms with E-state index in [1.807, 2.05) is 107 Å². The van der Waals surface area contributed by atoms with Crippen molar-refractivity contribution in [2.24, 2.45) is 0 Å². The van der Waals surface area contributed by atoms with Crippen LogP contribution in [0.15, 0.2) is 180 Å². The van der Waals surface area contributed by atoms with Crippen LogP contribution in [-0.4, -0.2) is 172 Å². The van der Waals surface area contributed by atoms with Crippen LogP contribution >= 0.6 is 106 Å². The summed E-state index contributed by atoms with van der Waals surface area (Å²) in [7, 11) is 6.53. The topological polar surface area (TPSA) is 232 Å². The van der Waals surface area contributed by atoms with Gasteiger partial charge >= 0.3 is 56.5 Å². The van der Waals surface area contributed by atoms with Gasteiger partial charge in [-0.05, 0) is 299 Å². The van der Waals surface area contributed by atoms with Gasteiger partial charge in [-0.3, -0.25) is 33.9 Å². The average Bonchev–Trinajstić information content (AvgIpc) is 0.828. The van der Waals surface area contributed by atoms with E-state index in [4.69, 9.17) is 10.8 Å². The van der Waals surface area contributed by atoms with E-state index in [0.717, 1.165) is 135 Å². The summed E-state index contributed by atoms with van der Waals surface area (Å²) in [6.07, 6.45) is 10.5. The predicted molar refractivity (Wildman–Crippen MR) is 504 cm³/mol. The minimum atomic E-state index is -0.872. The number of aryl methyl sites for hydroxylation is 7. The number of halogens is 6. The second-order valence-electron chi connectivity index (χ2n) is 27.8. The Morgan fingerprint density at radius 3 is 1.29 bits per heavy atom. The molecule has 3 aliphatic rings. The van der Waals surface area contributed by atoms with Gasteiger partial charge in [-0.25, -0.2) is 14.8 Å². The molecule has 598 valence electrons. The van der Waals surface area contributed by atoms with Gasteiger partial charge in [-0.2, -0.15) is 0 Å². The van der Waals surface area contributed by atoms with Gasteiger partial charge in [0.15, 0.2) is 0 Å². The van der Waals surface area contributed by atoms with Gasteiger partial charge in [-0.1, -0.05) is 42.5 Å². The number of terminal acetylenes is 1. The first-order chi connectivity index (χ1) is 53.0. The Balaban J connectivity index is 0.000000260. The number of carboxylic acids is 1. The van der Waals surface area contributed by atoms with E-state index < -0.39 is 5.97 Å². The van der Waals surface area contributed by atoms with Crippen molar-refractivity contribution in [2.75, 3.05) is 116 Å². The first-order valence-corrected chi connectivity index (χ1v) is 51.2. The molecule has 0 spiro atoms. The van der Waals surface area contributed by atoms with E-state index in [0.29, 0.717) is 47.7 Å². The minimum absolute atomic E-state index is 0. The van der Waals surface area contributed by atoms with Gasteiger partial charge in [0.1, 0.15) is 11.3 Å². The van der Waals surface area contributed by atoms with Crippen molar-refractivity contribution in [2.45, 2.75) is 88.4 Å². The van der Waals surface area contributed by atoms with Crippen LogP contribution in [0.4, 0.5) is 17.1 Å². The normalized spacial score (nSPS) is 13.7. The van der Waals surface area contributed by atoms with Crippen LogP contribution in [0.25, 0.3) is 22.1 Å². The number of amides is 2. The number of piperazine rings is 3. The number of benzene rings is 6. The van der Waals surface area contributed by atoms with E-state index in [9.17, 15) is 24.0 Å². The molecule has 2 amide bonds. The molecule has 13 rings (SSSR count). The third-order valence-electron chi connectivity index (χ3n) is 18.7. The molecule has 3 fully saturated rings. The molecule has 0 aliphatic carbocycles. The Morgan fingerprint density at radius 2 is 0.893 bits per heavy atom. The number of nitrogens with one attached hydrogen (secondary N) is 4. The first kappa shape index (κ1) is 96.3. The number of H-pyrrole nitrogens is 2. The Kier molecular flexibility index (Phi) is 43.2. The van der Waals surface area contributed by atoms with E-state index in [1.54, 1.807) is 49.7 Å². The third-order valence-corrected chi connectivity index (χ3v) is 21.1. The molecule has 10 aromatic rings. The second-order valence-corrected chi connectivity index (χ2v) is 46.4. The fourth-order valence-electron chi connectivity index (χ4n) is 12.0. The van der Waals surface area contributed by atoms with Crippen LogP contribution in [0.5, 0.6) is 0 Å². The van der Waals surface area contributed by atoms with Gasteiger partial charge in [0, 0.05) is 169 Å². The van der Waals surface area contributed by atoms with E-state index in [-0.39, 0.29) is 46.9 Å². The van der Waals surface area contributed by atoms with Crippen molar-refractivity contribution in [1.82, 2.24) is 49.3 Å². The summed E-state index contributed by atoms with van der Waals surface area (Å²) in [6, 6.07) is 45.9. The van der Waals surface area contributed by atoms with Crippen molar-refractivity contribution < 1.29 is 32.7 Å². The number of allylic oxidation sites excluding steroid dienone is 1. The van der Waals surface area contributed by atoms with E-state index >= 15 is 0 Å². The van der Waals surface area contributed by atoms with Gasteiger partial charge < -0.3 is 46.1 Å². The maximum atomic E-state index is 13.1. The third kappa shape index (κ3) is 33.1. The number of carbonyl (C=O) groups excluding carboxylic acids is 2. The zero-order valence-electron chi connectivity index (χ0n) is 66.1. The second kappa shape index (κ2) is 50.2. The molecule has 112 heavy (non-hydrogen) atoms. The number of carbonyl (C=O) groups is 3. The van der Waals surface area contributed by atoms with Crippen LogP contribution in [0.3, 0.4) is 0 Å². The number of aromatic carboxylic acids is 1. The average molecular weight is 2190 g/mol. The van der Waals surface area contributed by atoms with Crippen molar-refractivity contribution in [3.8, 4) is 12.3 Å². The predicted octanol–water partition coefficient (Wildman–Crippen LogP) is 14.1. The summed E-state index contributed by atoms with van der Waals surface area (Å²) >= 11 is 9.68. The summed E-state index contributed by atoms with van der Waals surface area (Å²) < 4.78 is 2.09. The number of aromatic amines is 2. The zero-order chi connectivity index (χ0) is 81.3. The van der Waals surface area contributed by atoms with Gasteiger partial charge in [0.25, 0.3) is 11.8 Å². The molecule has 0 bridgehead atoms. The summed E-state index contributed by atoms with van der Waals surface area (Å²) in [6.45, 7) is 37.8. The molecule has 0 radical (unpaired) electrons. The zero-order valence-corrected chi connectivity index (χ0v) is 79.2. The first-order valence-electron chi connectivity index (χ1n) is 36.5. The molecule has 0 saturated carbocycles. The Labute approximate surface area is 735 Å². The SMILES string of the molecule is C#CC.C=CC.Cc1cc(N)ccc1CN1CCN(C)CC1.Cc1ccc(C(=O)Nc2ccc(CN3CCN(C)CC3)c(C)c2)cc1Cc1cnc2[nH]c(=O)ccc2c1.Cc1ccc(C(=O)Nc2ccc(CN3CCN(C)CC3)c(C)c2)cc1I.Cc1ccc(C(=O)O)cc1I.Cc1cnc2[nH]c(=O)ccc2c1.I.I[I-]I. The number of likely N-dealkylation sites (N-methyl/N-ethyl adjacent to an activating group) is 3. The number of aromatic nitrogens is 4. The number of rotatable bonds is 13. The van der Waals surface area contributed by atoms with Crippen molar-refractivity contribution in [1.29, 1.82) is 0 Å². The monoisotopic (exact) mass is 2190 g/mol. The Morgan fingerprint density at radius 1 is 0.527 bits per heavy atom. The molecule has 7 N–H and O–H groups in total. The number of fused-ring (bicyclic) bond motifs is 2. The summed E-state index contributed by atoms with van der Waals surface area (Å²) in [4.78, 5) is 86.9. The quantitative estimate of drug-likeness (QED) is 0.0273. The fraction of sp³-hybridized carbons (Fsp3) is 0.322. The molecular weight excluding hydrogens is 2080 g/mol. The fourth-order valence-corrected chi connectivity index (χ4v) is 13.0. The van der Waals surface area contributed by atoms with Crippen molar-refractivity contribution in [3.63, 3.8) is 0 Å². The van der Waals surface area contributed by atoms with Gasteiger partial charge in [0.05, 0.1) is 5.56 Å². The standard InChI is InChI=1S/C30H33N5O2.C21H26IN3O.C13H21N3.C9H8N2O.C8H7IO2.C3H6.C3H4.I3.HI/c1-20-4-5-24(17-26(20)16-22-15-23-7-9-28(36)33-29(23)31-18-22)30(37)32-27-8-6-25(21(2)14-27)19-35-12-10-34(3)11-13-35;1-15-4-5-17(13-20(15)22)21(26)23-19-7-6-18(16(2)12-19)14-25-10-8-24(3)9-11-25;1-11-9-13(14)4-3-12(11)10-16-7-5-15(2)6-8-16;1-6-4-7-2-3-8(12)11-9(7)10-5-6;1-5-2-3-6(8(10)11)4-7(5)9;3*1-3-2;/h4-9,14-15,17-18H,10-13,16,19H2,1-3H3,(H,32,37)(H,31,33,36);4-7,12-13H,8-11,14H2,1-3H3,(H,23,26);3-4,9H,5-8,10,14H2,1-2H3;2-5H,1H3,(H,10,11,12);2-4H,1H3,(H,10,11);3H,1H2,2H3;1H,2H3;;1H/q;;;;;;;-1;. The number of nitrogens with two attached hydrogens (primary N) is 1. The number of hydrogen-bond acceptors (Lipinski definition) is 14. The van der Waals surface area contributed by atoms with Crippen molar-refractivity contribution >= 4 is 163 Å². The Bertz CT molecular complexity index is 4890. The number of hydrogen-bond donors (Lipinski definition) is 6. The van der Waals surface area contributed by atoms with Gasteiger partial charge in [-0.15, -0.1) is 42.9 Å². The number of carboxylic acid groups (broad SMARTS) is 1. The summed E-state index contributed by atoms with van der Waals surface area (Å²) in [5.74, 6) is 1.19. The molecular formula is C87H106I6N13O6-. The van der Waals surface area contributed by atoms with E-state index in [1.165, 1.54) is 77.3 Å². The molecule has 3 saturated heterocycles. The number of nitrogens with zero attached hydrogens (tertiary/aromatic N) is 8. The van der Waals surface area contributed by atoms with Crippen LogP contribution < -0.4 is 40.7 Å².